The average molecular weight is 521 g/mol. The van der Waals surface area contributed by atoms with Crippen molar-refractivity contribution < 1.29 is 23.1 Å². The first-order chi connectivity index (χ1) is 17.0. The largest absolute Gasteiger partial charge is 0.416 e. The maximum Gasteiger partial charge on any atom is 0.416 e. The molecule has 5 rings (SSSR count). The molecule has 3 heterocycles. The molecule has 2 aromatic heterocycles. The fourth-order valence-corrected chi connectivity index (χ4v) is 6.07. The standard InChI is InChI=1S/C24H27F3N6O2S/c1-14-30-19-3-2-15(24(25,26)27)8-18(19)22(31-14)33(12-21(28)34)17-10-32(11-17)16-4-6-23(35,7-5-16)20-9-29-13-36-20/h2-3,8-9,13,16-17,35H,4-7,10-12H2,1H3,(H2,28,34). The molecule has 0 unspecified atom stereocenters. The monoisotopic (exact) mass is 520 g/mol. The number of benzene rings is 1. The molecule has 0 atom stereocenters. The van der Waals surface area contributed by atoms with Gasteiger partial charge in [0.2, 0.25) is 5.91 Å². The number of rotatable bonds is 6. The summed E-state index contributed by atoms with van der Waals surface area (Å²) in [5.41, 5.74) is 6.00. The third kappa shape index (κ3) is 4.76. The number of halogens is 3. The van der Waals surface area contributed by atoms with Crippen LogP contribution in [0.1, 0.15) is 41.9 Å². The van der Waals surface area contributed by atoms with E-state index in [1.807, 2.05) is 0 Å². The second-order valence-electron chi connectivity index (χ2n) is 9.65. The molecule has 1 amide bonds. The number of likely N-dealkylation sites (tertiary alicyclic amines) is 1. The summed E-state index contributed by atoms with van der Waals surface area (Å²) >= 11 is 1.46. The summed E-state index contributed by atoms with van der Waals surface area (Å²) in [6.07, 6.45) is 0.137. The van der Waals surface area contributed by atoms with E-state index in [2.05, 4.69) is 19.9 Å². The fraction of sp³-hybridized carbons (Fsp3) is 0.500. The Morgan fingerprint density at radius 3 is 2.61 bits per heavy atom. The first-order valence-electron chi connectivity index (χ1n) is 11.8. The molecule has 0 bridgehead atoms. The second-order valence-corrected chi connectivity index (χ2v) is 10.5. The van der Waals surface area contributed by atoms with E-state index in [9.17, 15) is 23.1 Å². The number of hydrogen-bond acceptors (Lipinski definition) is 8. The number of primary amides is 1. The summed E-state index contributed by atoms with van der Waals surface area (Å²) in [6, 6.07) is 3.52. The van der Waals surface area contributed by atoms with Gasteiger partial charge in [-0.15, -0.1) is 11.3 Å². The molecule has 1 saturated carbocycles. The molecule has 1 saturated heterocycles. The van der Waals surface area contributed by atoms with Gasteiger partial charge in [-0.1, -0.05) is 0 Å². The van der Waals surface area contributed by atoms with Crippen molar-refractivity contribution in [3.63, 3.8) is 0 Å². The molecule has 3 N–H and O–H groups in total. The number of anilines is 1. The molecule has 192 valence electrons. The Kier molecular flexibility index (Phi) is 6.38. The summed E-state index contributed by atoms with van der Waals surface area (Å²) in [7, 11) is 0. The molecule has 1 aromatic carbocycles. The summed E-state index contributed by atoms with van der Waals surface area (Å²) in [4.78, 5) is 29.7. The zero-order valence-electron chi connectivity index (χ0n) is 19.7. The Hall–Kier alpha value is -2.83. The molecule has 8 nitrogen and oxygen atoms in total. The Morgan fingerprint density at radius 2 is 2.00 bits per heavy atom. The number of carbonyl (C=O) groups is 1. The van der Waals surface area contributed by atoms with Crippen LogP contribution in [-0.2, 0) is 16.6 Å². The minimum Gasteiger partial charge on any atom is -0.384 e. The average Bonchev–Trinajstić information content (AvgIpc) is 3.33. The van der Waals surface area contributed by atoms with Crippen LogP contribution in [0.5, 0.6) is 0 Å². The van der Waals surface area contributed by atoms with Gasteiger partial charge >= 0.3 is 6.18 Å². The highest BCUT2D eigenvalue weighted by Gasteiger charge is 2.43. The lowest BCUT2D eigenvalue weighted by molar-refractivity contribution is -0.137. The van der Waals surface area contributed by atoms with Crippen LogP contribution in [0, 0.1) is 6.92 Å². The highest BCUT2D eigenvalue weighted by molar-refractivity contribution is 7.09. The SMILES string of the molecule is Cc1nc(N(CC(N)=O)C2CN(C3CCC(O)(c4cncs4)CC3)C2)c2cc(C(F)(F)F)ccc2n1. The Labute approximate surface area is 210 Å². The Morgan fingerprint density at radius 1 is 1.28 bits per heavy atom. The predicted molar refractivity (Wildman–Crippen MR) is 129 cm³/mol. The van der Waals surface area contributed by atoms with Crippen LogP contribution in [0.2, 0.25) is 0 Å². The third-order valence-electron chi connectivity index (χ3n) is 7.23. The number of aromatic nitrogens is 3. The topological polar surface area (TPSA) is 108 Å². The van der Waals surface area contributed by atoms with Crippen molar-refractivity contribution in [3.8, 4) is 0 Å². The Bertz CT molecular complexity index is 1250. The number of aliphatic hydroxyl groups is 1. The van der Waals surface area contributed by atoms with Crippen LogP contribution < -0.4 is 10.6 Å². The van der Waals surface area contributed by atoms with Gasteiger partial charge < -0.3 is 15.7 Å². The predicted octanol–water partition coefficient (Wildman–Crippen LogP) is 3.22. The molecule has 0 spiro atoms. The van der Waals surface area contributed by atoms with E-state index in [4.69, 9.17) is 5.73 Å². The maximum atomic E-state index is 13.4. The molecule has 3 aromatic rings. The zero-order valence-corrected chi connectivity index (χ0v) is 20.5. The molecule has 2 fully saturated rings. The van der Waals surface area contributed by atoms with Gasteiger partial charge in [-0.2, -0.15) is 13.2 Å². The van der Waals surface area contributed by atoms with Gasteiger partial charge in [-0.3, -0.25) is 14.7 Å². The van der Waals surface area contributed by atoms with E-state index in [1.54, 1.807) is 23.5 Å². The Balaban J connectivity index is 1.35. The van der Waals surface area contributed by atoms with Crippen LogP contribution in [0.4, 0.5) is 19.0 Å². The lowest BCUT2D eigenvalue weighted by atomic mass is 9.80. The van der Waals surface area contributed by atoms with Gasteiger partial charge in [0.15, 0.2) is 0 Å². The highest BCUT2D eigenvalue weighted by atomic mass is 32.1. The number of carbonyl (C=O) groups excluding carboxylic acids is 1. The number of fused-ring (bicyclic) bond motifs is 1. The lowest BCUT2D eigenvalue weighted by Gasteiger charge is -2.51. The molecule has 1 aliphatic carbocycles. The first kappa shape index (κ1) is 24.8. The first-order valence-corrected chi connectivity index (χ1v) is 12.7. The molecular weight excluding hydrogens is 493 g/mol. The third-order valence-corrected chi connectivity index (χ3v) is 8.20. The van der Waals surface area contributed by atoms with Gasteiger partial charge in [0.25, 0.3) is 0 Å². The number of alkyl halides is 3. The second kappa shape index (κ2) is 9.24. The molecule has 2 aliphatic rings. The van der Waals surface area contributed by atoms with E-state index in [1.165, 1.54) is 17.4 Å². The van der Waals surface area contributed by atoms with Gasteiger partial charge in [0, 0.05) is 30.7 Å². The van der Waals surface area contributed by atoms with Gasteiger partial charge in [-0.25, -0.2) is 9.97 Å². The normalized spacial score (nSPS) is 23.5. The fourth-order valence-electron chi connectivity index (χ4n) is 5.29. The van der Waals surface area contributed by atoms with Crippen molar-refractivity contribution in [2.45, 2.75) is 56.5 Å². The number of hydrogen-bond donors (Lipinski definition) is 2. The van der Waals surface area contributed by atoms with Crippen LogP contribution >= 0.6 is 11.3 Å². The van der Waals surface area contributed by atoms with E-state index in [0.717, 1.165) is 29.9 Å². The smallest absolute Gasteiger partial charge is 0.384 e. The van der Waals surface area contributed by atoms with Crippen molar-refractivity contribution in [2.24, 2.45) is 5.73 Å². The minimum absolute atomic E-state index is 0.133. The molecule has 1 aliphatic heterocycles. The van der Waals surface area contributed by atoms with E-state index < -0.39 is 23.2 Å². The minimum atomic E-state index is -4.51. The molecule has 12 heteroatoms. The summed E-state index contributed by atoms with van der Waals surface area (Å²) < 4.78 is 40.3. The number of nitrogens with zero attached hydrogens (tertiary/aromatic N) is 5. The highest BCUT2D eigenvalue weighted by Crippen LogP contribution is 2.41. The summed E-state index contributed by atoms with van der Waals surface area (Å²) in [5.74, 6) is 0.102. The van der Waals surface area contributed by atoms with Crippen molar-refractivity contribution in [1.82, 2.24) is 19.9 Å². The van der Waals surface area contributed by atoms with Gasteiger partial charge in [-0.05, 0) is 50.8 Å². The van der Waals surface area contributed by atoms with Crippen molar-refractivity contribution in [3.05, 3.63) is 46.2 Å². The van der Waals surface area contributed by atoms with E-state index in [-0.39, 0.29) is 29.8 Å². The van der Waals surface area contributed by atoms with E-state index >= 15 is 0 Å². The van der Waals surface area contributed by atoms with E-state index in [0.29, 0.717) is 37.3 Å². The molecule has 36 heavy (non-hydrogen) atoms. The van der Waals surface area contributed by atoms with Crippen LogP contribution in [0.15, 0.2) is 29.9 Å². The van der Waals surface area contributed by atoms with Crippen LogP contribution in [0.3, 0.4) is 0 Å². The quantitative estimate of drug-likeness (QED) is 0.514. The van der Waals surface area contributed by atoms with Gasteiger partial charge in [0.05, 0.1) is 34.1 Å². The zero-order chi connectivity index (χ0) is 25.7. The van der Waals surface area contributed by atoms with Crippen molar-refractivity contribution in [2.75, 3.05) is 24.5 Å². The van der Waals surface area contributed by atoms with Crippen molar-refractivity contribution in [1.29, 1.82) is 0 Å². The van der Waals surface area contributed by atoms with Crippen LogP contribution in [0.25, 0.3) is 10.9 Å². The number of amides is 1. The maximum absolute atomic E-state index is 13.4. The van der Waals surface area contributed by atoms with Crippen molar-refractivity contribution >= 4 is 34.0 Å². The lowest BCUT2D eigenvalue weighted by Crippen LogP contribution is -2.64. The number of thiazole rings is 1. The van der Waals surface area contributed by atoms with Gasteiger partial charge in [0.1, 0.15) is 17.2 Å². The number of nitrogens with two attached hydrogens (primary N) is 1. The molecular formula is C24H27F3N6O2S. The summed E-state index contributed by atoms with van der Waals surface area (Å²) in [5, 5.41) is 11.3. The van der Waals surface area contributed by atoms with Crippen LogP contribution in [-0.4, -0.2) is 62.6 Å². The molecule has 0 radical (unpaired) electrons. The number of aryl methyl sites for hydroxylation is 1. The summed E-state index contributed by atoms with van der Waals surface area (Å²) in [6.45, 7) is 2.76.